The summed E-state index contributed by atoms with van der Waals surface area (Å²) in [5.74, 6) is 0.538. The summed E-state index contributed by atoms with van der Waals surface area (Å²) in [6, 6.07) is 14.2. The summed E-state index contributed by atoms with van der Waals surface area (Å²) < 4.78 is 7.44. The van der Waals surface area contributed by atoms with E-state index in [1.54, 1.807) is 46.4 Å². The molecule has 3 rings (SSSR count). The molecule has 2 heterocycles. The number of furan rings is 1. The van der Waals surface area contributed by atoms with Gasteiger partial charge in [-0.25, -0.2) is 4.79 Å². The number of nitrogens with zero attached hydrogens (tertiary/aromatic N) is 3. The molecule has 8 heteroatoms. The lowest BCUT2D eigenvalue weighted by Gasteiger charge is -2.27. The third kappa shape index (κ3) is 6.65. The van der Waals surface area contributed by atoms with Crippen molar-refractivity contribution in [3.63, 3.8) is 0 Å². The number of benzene rings is 1. The molecule has 7 nitrogen and oxygen atoms in total. The predicted molar refractivity (Wildman–Crippen MR) is 125 cm³/mol. The zero-order valence-electron chi connectivity index (χ0n) is 18.5. The molecule has 0 saturated carbocycles. The fourth-order valence-electron chi connectivity index (χ4n) is 3.31. The molecular weight excluding hydrogens is 428 g/mol. The molecule has 0 aliphatic rings. The van der Waals surface area contributed by atoms with Crippen molar-refractivity contribution in [3.8, 4) is 0 Å². The van der Waals surface area contributed by atoms with Gasteiger partial charge in [-0.15, -0.1) is 0 Å². The summed E-state index contributed by atoms with van der Waals surface area (Å²) >= 11 is 6.03. The highest BCUT2D eigenvalue weighted by Gasteiger charge is 2.23. The van der Waals surface area contributed by atoms with E-state index in [1.807, 2.05) is 42.9 Å². The molecule has 2 aromatic heterocycles. The monoisotopic (exact) mass is 456 g/mol. The molecule has 3 amide bonds. The van der Waals surface area contributed by atoms with E-state index in [2.05, 4.69) is 5.32 Å². The molecular formula is C24H29ClN4O3. The summed E-state index contributed by atoms with van der Waals surface area (Å²) in [6.07, 6.45) is 5.24. The molecule has 0 saturated heterocycles. The molecule has 0 radical (unpaired) electrons. The topological polar surface area (TPSA) is 70.7 Å². The Kier molecular flexibility index (Phi) is 8.39. The highest BCUT2D eigenvalue weighted by molar-refractivity contribution is 6.30. The number of hydrogen-bond donors (Lipinski definition) is 1. The third-order valence-electron chi connectivity index (χ3n) is 5.15. The first-order chi connectivity index (χ1) is 15.5. The van der Waals surface area contributed by atoms with Crippen molar-refractivity contribution < 1.29 is 14.0 Å². The number of aromatic nitrogens is 1. The molecule has 0 fully saturated rings. The number of hydrogen-bond acceptors (Lipinski definition) is 3. The maximum Gasteiger partial charge on any atom is 0.322 e. The van der Waals surface area contributed by atoms with Gasteiger partial charge >= 0.3 is 6.03 Å². The van der Waals surface area contributed by atoms with Crippen molar-refractivity contribution in [2.45, 2.75) is 32.9 Å². The number of nitrogens with one attached hydrogen (secondary N) is 1. The maximum absolute atomic E-state index is 13.3. The van der Waals surface area contributed by atoms with Crippen LogP contribution in [0.2, 0.25) is 5.02 Å². The van der Waals surface area contributed by atoms with Gasteiger partial charge in [-0.1, -0.05) is 31.0 Å². The van der Waals surface area contributed by atoms with E-state index >= 15 is 0 Å². The van der Waals surface area contributed by atoms with Crippen molar-refractivity contribution in [2.75, 3.05) is 18.4 Å². The lowest BCUT2D eigenvalue weighted by atomic mass is 10.3. The van der Waals surface area contributed by atoms with E-state index < -0.39 is 0 Å². The average Bonchev–Trinajstić information content (AvgIpc) is 3.42. The van der Waals surface area contributed by atoms with Crippen LogP contribution in [0.15, 0.2) is 65.4 Å². The molecule has 0 atom stereocenters. The number of amides is 3. The van der Waals surface area contributed by atoms with Crippen LogP contribution in [0.25, 0.3) is 0 Å². The number of unbranched alkanes of at least 4 members (excludes halogenated alkanes) is 1. The number of aryl methyl sites for hydroxylation is 1. The first-order valence-corrected chi connectivity index (χ1v) is 11.1. The second kappa shape index (κ2) is 11.4. The van der Waals surface area contributed by atoms with E-state index in [0.717, 1.165) is 18.5 Å². The minimum atomic E-state index is -0.328. The van der Waals surface area contributed by atoms with Crippen molar-refractivity contribution >= 4 is 29.2 Å². The third-order valence-corrected chi connectivity index (χ3v) is 5.39. The van der Waals surface area contributed by atoms with Gasteiger partial charge in [-0.05, 0) is 48.9 Å². The Morgan fingerprint density at radius 2 is 1.94 bits per heavy atom. The fourth-order valence-corrected chi connectivity index (χ4v) is 3.50. The van der Waals surface area contributed by atoms with Crippen LogP contribution in [-0.4, -0.2) is 39.4 Å². The smallest absolute Gasteiger partial charge is 0.322 e. The largest absolute Gasteiger partial charge is 0.467 e. The highest BCUT2D eigenvalue weighted by atomic mass is 35.5. The van der Waals surface area contributed by atoms with Crippen LogP contribution in [0.1, 0.15) is 31.2 Å². The van der Waals surface area contributed by atoms with Crippen LogP contribution in [0, 0.1) is 0 Å². The SMILES string of the molecule is CCCCN(CC(=O)N(Cc1ccco1)Cc1cccn1C)C(=O)Nc1cccc(Cl)c1. The van der Waals surface area contributed by atoms with E-state index in [0.29, 0.717) is 36.1 Å². The highest BCUT2D eigenvalue weighted by Crippen LogP contribution is 2.16. The number of rotatable bonds is 10. The van der Waals surface area contributed by atoms with Crippen LogP contribution in [0.4, 0.5) is 10.5 Å². The van der Waals surface area contributed by atoms with Crippen LogP contribution in [0.3, 0.4) is 0 Å². The van der Waals surface area contributed by atoms with E-state index in [-0.39, 0.29) is 18.5 Å². The van der Waals surface area contributed by atoms with Gasteiger partial charge in [0.2, 0.25) is 5.91 Å². The van der Waals surface area contributed by atoms with Crippen LogP contribution >= 0.6 is 11.6 Å². The molecule has 32 heavy (non-hydrogen) atoms. The summed E-state index contributed by atoms with van der Waals surface area (Å²) in [7, 11) is 1.94. The number of carbonyl (C=O) groups is 2. The van der Waals surface area contributed by atoms with Crippen molar-refractivity contribution in [1.29, 1.82) is 0 Å². The zero-order chi connectivity index (χ0) is 22.9. The van der Waals surface area contributed by atoms with Gasteiger partial charge in [0.1, 0.15) is 12.3 Å². The summed E-state index contributed by atoms with van der Waals surface area (Å²) in [4.78, 5) is 29.5. The predicted octanol–water partition coefficient (Wildman–Crippen LogP) is 5.13. The Labute approximate surface area is 193 Å². The van der Waals surface area contributed by atoms with Gasteiger partial charge in [0.15, 0.2) is 0 Å². The van der Waals surface area contributed by atoms with Crippen LogP contribution in [-0.2, 0) is 24.9 Å². The Bertz CT molecular complexity index is 1020. The molecule has 0 spiro atoms. The van der Waals surface area contributed by atoms with E-state index in [1.165, 1.54) is 0 Å². The van der Waals surface area contributed by atoms with E-state index in [4.69, 9.17) is 16.0 Å². The van der Waals surface area contributed by atoms with Gasteiger partial charge < -0.3 is 24.1 Å². The Balaban J connectivity index is 1.74. The van der Waals surface area contributed by atoms with Crippen LogP contribution < -0.4 is 5.32 Å². The Morgan fingerprint density at radius 3 is 2.59 bits per heavy atom. The normalized spacial score (nSPS) is 10.7. The summed E-state index contributed by atoms with van der Waals surface area (Å²) in [5, 5.41) is 3.38. The van der Waals surface area contributed by atoms with Crippen LogP contribution in [0.5, 0.6) is 0 Å². The summed E-state index contributed by atoms with van der Waals surface area (Å²) in [6.45, 7) is 3.24. The van der Waals surface area contributed by atoms with Gasteiger partial charge in [-0.2, -0.15) is 0 Å². The molecule has 3 aromatic rings. The second-order valence-electron chi connectivity index (χ2n) is 7.66. The van der Waals surface area contributed by atoms with Crippen molar-refractivity contribution in [3.05, 3.63) is 77.5 Å². The summed E-state index contributed by atoms with van der Waals surface area (Å²) in [5.41, 5.74) is 1.58. The number of anilines is 1. The van der Waals surface area contributed by atoms with Gasteiger partial charge in [0.05, 0.1) is 19.4 Å². The lowest BCUT2D eigenvalue weighted by molar-refractivity contribution is -0.133. The molecule has 0 bridgehead atoms. The molecule has 0 unspecified atom stereocenters. The van der Waals surface area contributed by atoms with Crippen molar-refractivity contribution in [2.24, 2.45) is 7.05 Å². The zero-order valence-corrected chi connectivity index (χ0v) is 19.2. The second-order valence-corrected chi connectivity index (χ2v) is 8.09. The van der Waals surface area contributed by atoms with Gasteiger partial charge in [0.25, 0.3) is 0 Å². The molecule has 1 N–H and O–H groups in total. The maximum atomic E-state index is 13.3. The number of halogens is 1. The standard InChI is InChI=1S/C24H29ClN4O3/c1-3-4-13-28(24(31)26-20-9-5-8-19(25)15-20)18-23(30)29(17-22-11-7-14-32-22)16-21-10-6-12-27(21)2/h5-12,14-15H,3-4,13,16-18H2,1-2H3,(H,26,31). The van der Waals surface area contributed by atoms with Gasteiger partial charge in [-0.3, -0.25) is 4.79 Å². The van der Waals surface area contributed by atoms with E-state index in [9.17, 15) is 9.59 Å². The first kappa shape index (κ1) is 23.5. The fraction of sp³-hybridized carbons (Fsp3) is 0.333. The quantitative estimate of drug-likeness (QED) is 0.459. The Morgan fingerprint density at radius 1 is 1.09 bits per heavy atom. The average molecular weight is 457 g/mol. The van der Waals surface area contributed by atoms with Gasteiger partial charge in [0, 0.05) is 36.2 Å². The molecule has 0 aliphatic carbocycles. The molecule has 170 valence electrons. The van der Waals surface area contributed by atoms with Crippen molar-refractivity contribution in [1.82, 2.24) is 14.4 Å². The first-order valence-electron chi connectivity index (χ1n) is 10.7. The molecule has 1 aromatic carbocycles. The lowest BCUT2D eigenvalue weighted by Crippen LogP contribution is -2.44. The number of carbonyl (C=O) groups excluding carboxylic acids is 2. The Hall–Kier alpha value is -3.19. The minimum Gasteiger partial charge on any atom is -0.467 e. The number of urea groups is 1. The minimum absolute atomic E-state index is 0.0302. The molecule has 0 aliphatic heterocycles.